The van der Waals surface area contributed by atoms with Crippen LogP contribution in [0.4, 0.5) is 0 Å². The van der Waals surface area contributed by atoms with E-state index in [9.17, 15) is 0 Å². The van der Waals surface area contributed by atoms with Gasteiger partial charge in [0.25, 0.3) is 0 Å². The monoisotopic (exact) mass is 384 g/mol. The third kappa shape index (κ3) is 24.4. The Bertz CT molecular complexity index is 463. The van der Waals surface area contributed by atoms with E-state index in [0.29, 0.717) is 0 Å². The van der Waals surface area contributed by atoms with E-state index in [-0.39, 0.29) is 6.61 Å². The van der Waals surface area contributed by atoms with Crippen LogP contribution in [0.1, 0.15) is 90.4 Å². The van der Waals surface area contributed by atoms with E-state index in [4.69, 9.17) is 5.11 Å². The molecule has 0 aliphatic carbocycles. The van der Waals surface area contributed by atoms with Gasteiger partial charge in [-0.05, 0) is 70.6 Å². The van der Waals surface area contributed by atoms with E-state index >= 15 is 0 Å². The zero-order valence-corrected chi connectivity index (χ0v) is 18.3. The highest BCUT2D eigenvalue weighted by Gasteiger charge is 1.82. The second-order valence-corrected chi connectivity index (χ2v) is 7.04. The molecule has 28 heavy (non-hydrogen) atoms. The lowest BCUT2D eigenvalue weighted by Crippen LogP contribution is -1.72. The molecular formula is C27H44O. The highest BCUT2D eigenvalue weighted by Crippen LogP contribution is 2.03. The van der Waals surface area contributed by atoms with Crippen molar-refractivity contribution in [3.63, 3.8) is 0 Å². The van der Waals surface area contributed by atoms with E-state index in [0.717, 1.165) is 51.4 Å². The van der Waals surface area contributed by atoms with Crippen LogP contribution in [0.25, 0.3) is 0 Å². The minimum absolute atomic E-state index is 0.151. The largest absolute Gasteiger partial charge is 0.392 e. The van der Waals surface area contributed by atoms with E-state index in [2.05, 4.69) is 67.7 Å². The molecule has 0 aromatic rings. The molecule has 0 aliphatic rings. The highest BCUT2D eigenvalue weighted by molar-refractivity contribution is 4.93. The Morgan fingerprint density at radius 1 is 0.393 bits per heavy atom. The minimum Gasteiger partial charge on any atom is -0.392 e. The maximum absolute atomic E-state index is 8.62. The SMILES string of the molecule is CCCCC=CCCC=CCCC=CCCC=CCCC=CCCC=CCO. The van der Waals surface area contributed by atoms with Crippen molar-refractivity contribution in [3.05, 3.63) is 72.9 Å². The van der Waals surface area contributed by atoms with Crippen LogP contribution < -0.4 is 0 Å². The number of aliphatic hydroxyl groups excluding tert-OH is 1. The fraction of sp³-hybridized carbons (Fsp3) is 0.556. The van der Waals surface area contributed by atoms with Gasteiger partial charge in [0, 0.05) is 0 Å². The summed E-state index contributed by atoms with van der Waals surface area (Å²) in [5, 5.41) is 8.62. The van der Waals surface area contributed by atoms with Crippen molar-refractivity contribution in [1.29, 1.82) is 0 Å². The molecule has 0 fully saturated rings. The Labute approximate surface area is 175 Å². The second-order valence-electron chi connectivity index (χ2n) is 7.04. The summed E-state index contributed by atoms with van der Waals surface area (Å²) < 4.78 is 0. The molecule has 0 atom stereocenters. The molecule has 1 heteroatoms. The Kier molecular flexibility index (Phi) is 23.9. The lowest BCUT2D eigenvalue weighted by molar-refractivity contribution is 0.342. The summed E-state index contributed by atoms with van der Waals surface area (Å²) in [5.41, 5.74) is 0. The van der Waals surface area contributed by atoms with Gasteiger partial charge in [0.15, 0.2) is 0 Å². The van der Waals surface area contributed by atoms with Crippen LogP contribution in [0.3, 0.4) is 0 Å². The molecule has 158 valence electrons. The van der Waals surface area contributed by atoms with Crippen molar-refractivity contribution >= 4 is 0 Å². The van der Waals surface area contributed by atoms with E-state index in [1.54, 1.807) is 6.08 Å². The number of hydrogen-bond donors (Lipinski definition) is 1. The molecule has 0 amide bonds. The van der Waals surface area contributed by atoms with Gasteiger partial charge in [0.05, 0.1) is 6.61 Å². The van der Waals surface area contributed by atoms with Crippen molar-refractivity contribution in [3.8, 4) is 0 Å². The van der Waals surface area contributed by atoms with Crippen molar-refractivity contribution in [1.82, 2.24) is 0 Å². The van der Waals surface area contributed by atoms with Crippen molar-refractivity contribution < 1.29 is 5.11 Å². The van der Waals surface area contributed by atoms with Gasteiger partial charge >= 0.3 is 0 Å². The lowest BCUT2D eigenvalue weighted by atomic mass is 10.2. The molecule has 0 heterocycles. The van der Waals surface area contributed by atoms with Gasteiger partial charge in [0.2, 0.25) is 0 Å². The quantitative estimate of drug-likeness (QED) is 0.175. The lowest BCUT2D eigenvalue weighted by Gasteiger charge is -1.91. The van der Waals surface area contributed by atoms with Gasteiger partial charge in [-0.3, -0.25) is 0 Å². The van der Waals surface area contributed by atoms with Crippen LogP contribution in [-0.4, -0.2) is 11.7 Å². The van der Waals surface area contributed by atoms with Crippen LogP contribution in [-0.2, 0) is 0 Å². The first kappa shape index (κ1) is 26.4. The van der Waals surface area contributed by atoms with E-state index in [1.807, 2.05) is 6.08 Å². The first-order chi connectivity index (χ1) is 13.9. The standard InChI is InChI=1S/C27H44O/c1-2-3-4-5-6-7-8-9-10-11-12-13-14-15-16-17-18-19-20-21-22-23-24-25-26-27-28/h5-6,9-10,13-14,17-18,21-22,25-26,28H,2-4,7-8,11-12,15-16,19-20,23-24,27H2,1H3. The number of hydrogen-bond acceptors (Lipinski definition) is 1. The average Bonchev–Trinajstić information content (AvgIpc) is 2.71. The molecule has 0 radical (unpaired) electrons. The van der Waals surface area contributed by atoms with Crippen LogP contribution in [0.15, 0.2) is 72.9 Å². The molecule has 0 unspecified atom stereocenters. The zero-order valence-electron chi connectivity index (χ0n) is 18.3. The maximum atomic E-state index is 8.62. The number of allylic oxidation sites excluding steroid dienone is 11. The van der Waals surface area contributed by atoms with Gasteiger partial charge in [-0.25, -0.2) is 0 Å². The molecule has 0 saturated heterocycles. The second kappa shape index (κ2) is 25.4. The Balaban J connectivity index is 3.37. The summed E-state index contributed by atoms with van der Waals surface area (Å²) in [6.45, 7) is 2.39. The first-order valence-corrected chi connectivity index (χ1v) is 11.4. The van der Waals surface area contributed by atoms with Gasteiger partial charge in [-0.2, -0.15) is 0 Å². The number of unbranched alkanes of at least 4 members (excludes halogenated alkanes) is 7. The molecule has 1 N–H and O–H groups in total. The number of aliphatic hydroxyl groups is 1. The summed E-state index contributed by atoms with van der Waals surface area (Å²) >= 11 is 0. The highest BCUT2D eigenvalue weighted by atomic mass is 16.2. The van der Waals surface area contributed by atoms with Gasteiger partial charge < -0.3 is 5.11 Å². The summed E-state index contributed by atoms with van der Waals surface area (Å²) in [7, 11) is 0. The van der Waals surface area contributed by atoms with Crippen molar-refractivity contribution in [2.45, 2.75) is 90.4 Å². The van der Waals surface area contributed by atoms with E-state index < -0.39 is 0 Å². The average molecular weight is 385 g/mol. The molecule has 0 rings (SSSR count). The molecule has 0 aliphatic heterocycles. The summed E-state index contributed by atoms with van der Waals surface area (Å²) in [6, 6.07) is 0. The predicted molar refractivity (Wildman–Crippen MR) is 128 cm³/mol. The summed E-state index contributed by atoms with van der Waals surface area (Å²) in [4.78, 5) is 0. The smallest absolute Gasteiger partial charge is 0.0612 e. The minimum atomic E-state index is 0.151. The fourth-order valence-corrected chi connectivity index (χ4v) is 2.66. The molecule has 0 bridgehead atoms. The molecule has 0 aromatic carbocycles. The number of rotatable bonds is 19. The van der Waals surface area contributed by atoms with Gasteiger partial charge in [-0.15, -0.1) is 0 Å². The third-order valence-corrected chi connectivity index (χ3v) is 4.33. The molecule has 1 nitrogen and oxygen atoms in total. The predicted octanol–water partition coefficient (Wildman–Crippen LogP) is 8.41. The Morgan fingerprint density at radius 2 is 0.643 bits per heavy atom. The molecule has 0 saturated carbocycles. The van der Waals surface area contributed by atoms with Crippen LogP contribution in [0.5, 0.6) is 0 Å². The summed E-state index contributed by atoms with van der Waals surface area (Å²) in [6.07, 6.45) is 42.0. The molecule has 0 spiro atoms. The first-order valence-electron chi connectivity index (χ1n) is 11.4. The Hall–Kier alpha value is -1.60. The van der Waals surface area contributed by atoms with Crippen LogP contribution in [0, 0.1) is 0 Å². The van der Waals surface area contributed by atoms with Crippen LogP contribution in [0.2, 0.25) is 0 Å². The Morgan fingerprint density at radius 3 is 0.893 bits per heavy atom. The molecule has 0 aromatic heterocycles. The topological polar surface area (TPSA) is 20.2 Å². The fourth-order valence-electron chi connectivity index (χ4n) is 2.66. The van der Waals surface area contributed by atoms with Gasteiger partial charge in [0.1, 0.15) is 0 Å². The zero-order chi connectivity index (χ0) is 20.4. The van der Waals surface area contributed by atoms with Crippen molar-refractivity contribution in [2.24, 2.45) is 0 Å². The third-order valence-electron chi connectivity index (χ3n) is 4.33. The van der Waals surface area contributed by atoms with E-state index in [1.165, 1.54) is 32.1 Å². The maximum Gasteiger partial charge on any atom is 0.0612 e. The summed E-state index contributed by atoms with van der Waals surface area (Å²) in [5.74, 6) is 0. The van der Waals surface area contributed by atoms with Crippen molar-refractivity contribution in [2.75, 3.05) is 6.61 Å². The normalized spacial score (nSPS) is 13.1. The van der Waals surface area contributed by atoms with Gasteiger partial charge in [-0.1, -0.05) is 92.7 Å². The van der Waals surface area contributed by atoms with Crippen LogP contribution >= 0.6 is 0 Å². The molecular weight excluding hydrogens is 340 g/mol.